The smallest absolute Gasteiger partial charge is 0.367 e. The molecule has 0 amide bonds. The minimum Gasteiger partial charge on any atom is -0.483 e. The van der Waals surface area contributed by atoms with E-state index in [1.165, 1.54) is 22.5 Å². The minimum atomic E-state index is -0.373. The fourth-order valence-electron chi connectivity index (χ4n) is 3.29. The van der Waals surface area contributed by atoms with Gasteiger partial charge in [-0.1, -0.05) is 52.8 Å². The lowest BCUT2D eigenvalue weighted by molar-refractivity contribution is 0.0525. The lowest BCUT2D eigenvalue weighted by Gasteiger charge is -2.24. The average Bonchev–Trinajstić information content (AvgIpc) is 3.09. The number of hydrogen-bond donors (Lipinski definition) is 0. The van der Waals surface area contributed by atoms with E-state index in [9.17, 15) is 4.79 Å². The van der Waals surface area contributed by atoms with Gasteiger partial charge in [0.25, 0.3) is 0 Å². The van der Waals surface area contributed by atoms with Crippen molar-refractivity contribution in [3.63, 3.8) is 0 Å². The Morgan fingerprint density at radius 1 is 1.36 bits per heavy atom. The quantitative estimate of drug-likeness (QED) is 0.721. The molecule has 1 aromatic heterocycles. The first kappa shape index (κ1) is 17.9. The van der Waals surface area contributed by atoms with E-state index in [-0.39, 0.29) is 22.9 Å². The van der Waals surface area contributed by atoms with Crippen LogP contribution in [0.5, 0.6) is 5.75 Å². The number of carbonyl (C=O) groups is 1. The Balaban J connectivity index is 1.99. The lowest BCUT2D eigenvalue weighted by atomic mass is 9.77. The molecule has 134 valence electrons. The monoisotopic (exact) mass is 359 g/mol. The van der Waals surface area contributed by atoms with Crippen molar-refractivity contribution in [1.29, 1.82) is 0 Å². The minimum absolute atomic E-state index is 0.00548. The molecule has 0 saturated carbocycles. The van der Waals surface area contributed by atoms with Gasteiger partial charge in [0.15, 0.2) is 6.10 Å². The number of esters is 1. The molecule has 1 unspecified atom stereocenters. The number of hydrogen-bond acceptors (Lipinski definition) is 5. The van der Waals surface area contributed by atoms with Crippen LogP contribution >= 0.6 is 11.3 Å². The van der Waals surface area contributed by atoms with E-state index in [1.807, 2.05) is 5.38 Å². The highest BCUT2D eigenvalue weighted by atomic mass is 32.1. The van der Waals surface area contributed by atoms with Gasteiger partial charge in [-0.3, -0.25) is 0 Å². The maximum atomic E-state index is 11.9. The molecule has 3 rings (SSSR count). The molecule has 4 nitrogen and oxygen atoms in total. The maximum Gasteiger partial charge on any atom is 0.367 e. The van der Waals surface area contributed by atoms with E-state index < -0.39 is 0 Å². The van der Waals surface area contributed by atoms with Crippen molar-refractivity contribution in [2.24, 2.45) is 0 Å². The van der Waals surface area contributed by atoms with Gasteiger partial charge in [-0.05, 0) is 17.9 Å². The molecule has 1 aliphatic rings. The molecule has 25 heavy (non-hydrogen) atoms. The van der Waals surface area contributed by atoms with Crippen LogP contribution in [-0.2, 0) is 15.6 Å². The molecule has 0 N–H and O–H groups in total. The molecule has 5 heteroatoms. The molecule has 2 heterocycles. The summed E-state index contributed by atoms with van der Waals surface area (Å²) in [6.45, 7) is 13.0. The molecule has 0 saturated heterocycles. The number of rotatable bonds is 3. The predicted molar refractivity (Wildman–Crippen MR) is 99.6 cm³/mol. The molecule has 0 radical (unpaired) electrons. The summed E-state index contributed by atoms with van der Waals surface area (Å²) in [6, 6.07) is 6.35. The largest absolute Gasteiger partial charge is 0.483 e. The van der Waals surface area contributed by atoms with Gasteiger partial charge in [0.1, 0.15) is 5.75 Å². The second-order valence-corrected chi connectivity index (χ2v) is 8.81. The Labute approximate surface area is 153 Å². The van der Waals surface area contributed by atoms with Crippen molar-refractivity contribution >= 4 is 17.3 Å². The normalized spacial score (nSPS) is 18.6. The van der Waals surface area contributed by atoms with Gasteiger partial charge in [-0.2, -0.15) is 0 Å². The SMILES string of the molecule is CCOC(=O)c1nc(C2Oc3c(C(C)(C)C)cccc3C2(C)C)cs1. The van der Waals surface area contributed by atoms with E-state index in [1.54, 1.807) is 6.92 Å². The van der Waals surface area contributed by atoms with Crippen LogP contribution in [0, 0.1) is 0 Å². The Morgan fingerprint density at radius 2 is 2.08 bits per heavy atom. The first-order valence-electron chi connectivity index (χ1n) is 8.59. The zero-order valence-electron chi connectivity index (χ0n) is 15.7. The molecule has 0 spiro atoms. The van der Waals surface area contributed by atoms with Crippen molar-refractivity contribution in [2.75, 3.05) is 6.61 Å². The number of fused-ring (bicyclic) bond motifs is 1. The molecule has 1 atom stereocenters. The topological polar surface area (TPSA) is 48.4 Å². The van der Waals surface area contributed by atoms with Gasteiger partial charge in [-0.15, -0.1) is 11.3 Å². The van der Waals surface area contributed by atoms with E-state index in [2.05, 4.69) is 57.8 Å². The second kappa shape index (κ2) is 6.13. The van der Waals surface area contributed by atoms with Crippen molar-refractivity contribution in [2.45, 2.75) is 58.5 Å². The first-order chi connectivity index (χ1) is 11.7. The second-order valence-electron chi connectivity index (χ2n) is 7.95. The number of nitrogens with zero attached hydrogens (tertiary/aromatic N) is 1. The number of aromatic nitrogens is 1. The third kappa shape index (κ3) is 3.06. The highest BCUT2D eigenvalue weighted by Gasteiger charge is 2.45. The average molecular weight is 359 g/mol. The van der Waals surface area contributed by atoms with Crippen LogP contribution < -0.4 is 4.74 Å². The maximum absolute atomic E-state index is 11.9. The summed E-state index contributed by atoms with van der Waals surface area (Å²) < 4.78 is 11.5. The highest BCUT2D eigenvalue weighted by Crippen LogP contribution is 2.53. The molecule has 2 aromatic rings. The first-order valence-corrected chi connectivity index (χ1v) is 9.47. The van der Waals surface area contributed by atoms with E-state index in [0.717, 1.165) is 11.4 Å². The van der Waals surface area contributed by atoms with Crippen molar-refractivity contribution in [1.82, 2.24) is 4.98 Å². The van der Waals surface area contributed by atoms with Crippen molar-refractivity contribution in [3.05, 3.63) is 45.4 Å². The summed E-state index contributed by atoms with van der Waals surface area (Å²) in [5.41, 5.74) is 2.94. The van der Waals surface area contributed by atoms with Crippen LogP contribution in [-0.4, -0.2) is 17.6 Å². The third-order valence-electron chi connectivity index (χ3n) is 4.65. The summed E-state index contributed by atoms with van der Waals surface area (Å²) in [7, 11) is 0. The summed E-state index contributed by atoms with van der Waals surface area (Å²) in [5.74, 6) is 0.582. The molecule has 0 bridgehead atoms. The molecular weight excluding hydrogens is 334 g/mol. The predicted octanol–water partition coefficient (Wildman–Crippen LogP) is 5.03. The number of ether oxygens (including phenoxy) is 2. The van der Waals surface area contributed by atoms with Crippen LogP contribution in [0.15, 0.2) is 23.6 Å². The fraction of sp³-hybridized carbons (Fsp3) is 0.500. The van der Waals surface area contributed by atoms with Crippen LogP contribution in [0.1, 0.15) is 74.3 Å². The number of thiazole rings is 1. The number of carbonyl (C=O) groups excluding carboxylic acids is 1. The summed E-state index contributed by atoms with van der Waals surface area (Å²) >= 11 is 1.31. The Hall–Kier alpha value is -1.88. The Bertz CT molecular complexity index is 802. The summed E-state index contributed by atoms with van der Waals surface area (Å²) in [5, 5.41) is 2.28. The molecular formula is C20H25NO3S. The van der Waals surface area contributed by atoms with E-state index in [4.69, 9.17) is 9.47 Å². The van der Waals surface area contributed by atoms with Crippen LogP contribution in [0.3, 0.4) is 0 Å². The van der Waals surface area contributed by atoms with Gasteiger partial charge in [0.05, 0.1) is 12.3 Å². The van der Waals surface area contributed by atoms with Gasteiger partial charge in [0.2, 0.25) is 5.01 Å². The van der Waals surface area contributed by atoms with Gasteiger partial charge >= 0.3 is 5.97 Å². The van der Waals surface area contributed by atoms with Crippen LogP contribution in [0.2, 0.25) is 0 Å². The van der Waals surface area contributed by atoms with Crippen molar-refractivity contribution in [3.8, 4) is 5.75 Å². The molecule has 0 fully saturated rings. The third-order valence-corrected chi connectivity index (χ3v) is 5.49. The molecule has 1 aliphatic heterocycles. The Morgan fingerprint density at radius 3 is 2.72 bits per heavy atom. The molecule has 0 aliphatic carbocycles. The zero-order valence-corrected chi connectivity index (χ0v) is 16.5. The van der Waals surface area contributed by atoms with Gasteiger partial charge in [-0.25, -0.2) is 9.78 Å². The standard InChI is InChI=1S/C20H25NO3S/c1-7-23-18(22)17-21-14(11-25-17)16-20(5,6)13-10-8-9-12(15(13)24-16)19(2,3)4/h8-11,16H,7H2,1-6H3. The lowest BCUT2D eigenvalue weighted by Crippen LogP contribution is -2.24. The number of para-hydroxylation sites is 1. The summed E-state index contributed by atoms with van der Waals surface area (Å²) in [4.78, 5) is 16.4. The van der Waals surface area contributed by atoms with Gasteiger partial charge in [0, 0.05) is 16.4 Å². The van der Waals surface area contributed by atoms with Crippen LogP contribution in [0.4, 0.5) is 0 Å². The summed E-state index contributed by atoms with van der Waals surface area (Å²) in [6.07, 6.45) is -0.217. The van der Waals surface area contributed by atoms with Gasteiger partial charge < -0.3 is 9.47 Å². The van der Waals surface area contributed by atoms with Crippen LogP contribution in [0.25, 0.3) is 0 Å². The Kier molecular flexibility index (Phi) is 4.40. The fourth-order valence-corrected chi connectivity index (χ4v) is 4.01. The highest BCUT2D eigenvalue weighted by molar-refractivity contribution is 7.11. The number of benzene rings is 1. The molecule has 1 aromatic carbocycles. The zero-order chi connectivity index (χ0) is 18.4. The van der Waals surface area contributed by atoms with Crippen molar-refractivity contribution < 1.29 is 14.3 Å². The van der Waals surface area contributed by atoms with E-state index >= 15 is 0 Å². The van der Waals surface area contributed by atoms with E-state index in [0.29, 0.717) is 11.6 Å².